The Morgan fingerprint density at radius 1 is 1.40 bits per heavy atom. The van der Waals surface area contributed by atoms with Crippen molar-refractivity contribution in [2.24, 2.45) is 0 Å². The first-order valence-electron chi connectivity index (χ1n) is 4.44. The second-order valence-electron chi connectivity index (χ2n) is 2.99. The van der Waals surface area contributed by atoms with E-state index in [4.69, 9.17) is 14.7 Å². The topological polar surface area (TPSA) is 50.7 Å². The van der Waals surface area contributed by atoms with Gasteiger partial charge in [0.15, 0.2) is 0 Å². The highest BCUT2D eigenvalue weighted by Gasteiger charge is 2.13. The minimum atomic E-state index is -0.419. The smallest absolute Gasteiger partial charge is 0.137 e. The number of nitrogens with one attached hydrogen (secondary N) is 1. The van der Waals surface area contributed by atoms with Gasteiger partial charge in [0.2, 0.25) is 0 Å². The van der Waals surface area contributed by atoms with E-state index in [0.29, 0.717) is 16.9 Å². The molecular weight excluding hydrogens is 201 g/mol. The Bertz CT molecular complexity index is 331. The average molecular weight is 215 g/mol. The van der Waals surface area contributed by atoms with E-state index in [-0.39, 0.29) is 13.2 Å². The van der Waals surface area contributed by atoms with Crippen molar-refractivity contribution >= 4 is 0 Å². The van der Waals surface area contributed by atoms with Gasteiger partial charge in [-0.3, -0.25) is 0 Å². The molecule has 0 unspecified atom stereocenters. The Kier molecular flexibility index (Phi) is 4.48. The lowest BCUT2D eigenvalue weighted by Crippen LogP contribution is -2.10. The highest BCUT2D eigenvalue weighted by molar-refractivity contribution is 5.38. The van der Waals surface area contributed by atoms with Crippen LogP contribution in [-0.4, -0.2) is 19.4 Å². The predicted molar refractivity (Wildman–Crippen MR) is 52.3 cm³/mol. The molecule has 4 nitrogen and oxygen atoms in total. The summed E-state index contributed by atoms with van der Waals surface area (Å²) in [6.07, 6.45) is 0. The molecule has 1 aromatic rings. The first-order valence-corrected chi connectivity index (χ1v) is 4.44. The fraction of sp³-hybridized carbons (Fsp3) is 0.400. The molecule has 1 aromatic carbocycles. The van der Waals surface area contributed by atoms with Gasteiger partial charge in [0.25, 0.3) is 0 Å². The van der Waals surface area contributed by atoms with Crippen molar-refractivity contribution in [1.29, 1.82) is 0 Å². The van der Waals surface area contributed by atoms with Crippen LogP contribution in [0.5, 0.6) is 5.75 Å². The molecular formula is C10H14FNO3. The zero-order valence-electron chi connectivity index (χ0n) is 8.71. The van der Waals surface area contributed by atoms with Gasteiger partial charge in [-0.2, -0.15) is 0 Å². The number of hydroxylamine groups is 1. The third-order valence-corrected chi connectivity index (χ3v) is 2.06. The molecule has 0 fully saturated rings. The quantitative estimate of drug-likeness (QED) is 0.730. The fourth-order valence-electron chi connectivity index (χ4n) is 1.34. The first kappa shape index (κ1) is 11.9. The molecule has 0 heterocycles. The fourth-order valence-corrected chi connectivity index (χ4v) is 1.34. The minimum absolute atomic E-state index is 0.0482. The maximum Gasteiger partial charge on any atom is 0.137 e. The summed E-state index contributed by atoms with van der Waals surface area (Å²) in [5, 5.41) is 8.51. The molecule has 0 aliphatic heterocycles. The number of halogens is 1. The van der Waals surface area contributed by atoms with Gasteiger partial charge in [-0.25, -0.2) is 9.87 Å². The van der Waals surface area contributed by atoms with Crippen LogP contribution in [0.15, 0.2) is 12.1 Å². The summed E-state index contributed by atoms with van der Waals surface area (Å²) >= 11 is 0. The monoisotopic (exact) mass is 215 g/mol. The molecule has 0 spiro atoms. The number of methoxy groups -OCH3 is 2. The molecule has 0 saturated heterocycles. The number of benzene rings is 1. The van der Waals surface area contributed by atoms with Crippen molar-refractivity contribution in [2.45, 2.75) is 13.2 Å². The standard InChI is InChI=1S/C10H14FNO3/c1-14-6-8-9(15-2)4-3-7(5-12-13)10(8)11/h3-4,12-13H,5-6H2,1-2H3. The molecule has 84 valence electrons. The van der Waals surface area contributed by atoms with Crippen LogP contribution < -0.4 is 10.2 Å². The van der Waals surface area contributed by atoms with Crippen molar-refractivity contribution in [1.82, 2.24) is 5.48 Å². The molecule has 0 aromatic heterocycles. The van der Waals surface area contributed by atoms with Gasteiger partial charge in [-0.15, -0.1) is 0 Å². The summed E-state index contributed by atoms with van der Waals surface area (Å²) in [4.78, 5) is 0. The summed E-state index contributed by atoms with van der Waals surface area (Å²) in [6.45, 7) is 0.181. The SMILES string of the molecule is COCc1c(OC)ccc(CNO)c1F. The summed E-state index contributed by atoms with van der Waals surface area (Å²) in [6, 6.07) is 3.20. The van der Waals surface area contributed by atoms with E-state index in [1.165, 1.54) is 14.2 Å². The average Bonchev–Trinajstić information content (AvgIpc) is 2.25. The second kappa shape index (κ2) is 5.65. The van der Waals surface area contributed by atoms with Gasteiger partial charge in [0, 0.05) is 19.2 Å². The zero-order valence-corrected chi connectivity index (χ0v) is 8.71. The van der Waals surface area contributed by atoms with Crippen molar-refractivity contribution in [3.8, 4) is 5.75 Å². The van der Waals surface area contributed by atoms with Crippen LogP contribution in [0.25, 0.3) is 0 Å². The number of rotatable bonds is 5. The third kappa shape index (κ3) is 2.65. The molecule has 1 rings (SSSR count). The summed E-state index contributed by atoms with van der Waals surface area (Å²) in [5.74, 6) is 0.0220. The number of ether oxygens (including phenoxy) is 2. The van der Waals surface area contributed by atoms with Gasteiger partial charge in [-0.05, 0) is 6.07 Å². The Morgan fingerprint density at radius 3 is 2.67 bits per heavy atom. The van der Waals surface area contributed by atoms with Gasteiger partial charge >= 0.3 is 0 Å². The maximum absolute atomic E-state index is 13.8. The summed E-state index contributed by atoms with van der Waals surface area (Å²) in [5.41, 5.74) is 2.63. The van der Waals surface area contributed by atoms with Crippen molar-refractivity contribution in [3.05, 3.63) is 29.1 Å². The van der Waals surface area contributed by atoms with Crippen LogP contribution in [0, 0.1) is 5.82 Å². The number of hydrogen-bond acceptors (Lipinski definition) is 4. The summed E-state index contributed by atoms with van der Waals surface area (Å²) < 4.78 is 23.7. The van der Waals surface area contributed by atoms with Gasteiger partial charge in [-0.1, -0.05) is 6.07 Å². The molecule has 0 amide bonds. The lowest BCUT2D eigenvalue weighted by atomic mass is 10.1. The van der Waals surface area contributed by atoms with Crippen LogP contribution in [-0.2, 0) is 17.9 Å². The van der Waals surface area contributed by atoms with E-state index in [0.717, 1.165) is 0 Å². The van der Waals surface area contributed by atoms with Crippen LogP contribution in [0.4, 0.5) is 4.39 Å². The lowest BCUT2D eigenvalue weighted by molar-refractivity contribution is 0.158. The molecule has 0 bridgehead atoms. The van der Waals surface area contributed by atoms with Crippen molar-refractivity contribution in [2.75, 3.05) is 14.2 Å². The molecule has 0 radical (unpaired) electrons. The molecule has 2 N–H and O–H groups in total. The minimum Gasteiger partial charge on any atom is -0.496 e. The van der Waals surface area contributed by atoms with Crippen LogP contribution in [0.3, 0.4) is 0 Å². The second-order valence-corrected chi connectivity index (χ2v) is 2.99. The Labute approximate surface area is 87.6 Å². The number of hydrogen-bond donors (Lipinski definition) is 2. The van der Waals surface area contributed by atoms with Gasteiger partial charge in [0.1, 0.15) is 11.6 Å². The highest BCUT2D eigenvalue weighted by atomic mass is 19.1. The van der Waals surface area contributed by atoms with Crippen LogP contribution >= 0.6 is 0 Å². The zero-order chi connectivity index (χ0) is 11.3. The van der Waals surface area contributed by atoms with Crippen molar-refractivity contribution in [3.63, 3.8) is 0 Å². The van der Waals surface area contributed by atoms with Crippen LogP contribution in [0.1, 0.15) is 11.1 Å². The Hall–Kier alpha value is -1.17. The third-order valence-electron chi connectivity index (χ3n) is 2.06. The Morgan fingerprint density at radius 2 is 2.13 bits per heavy atom. The van der Waals surface area contributed by atoms with E-state index in [2.05, 4.69) is 0 Å². The Balaban J connectivity index is 3.10. The molecule has 5 heteroatoms. The molecule has 0 saturated carbocycles. The lowest BCUT2D eigenvalue weighted by Gasteiger charge is -2.11. The van der Waals surface area contributed by atoms with E-state index in [9.17, 15) is 4.39 Å². The molecule has 0 aliphatic rings. The van der Waals surface area contributed by atoms with E-state index >= 15 is 0 Å². The molecule has 15 heavy (non-hydrogen) atoms. The normalized spacial score (nSPS) is 10.4. The summed E-state index contributed by atoms with van der Waals surface area (Å²) in [7, 11) is 2.95. The molecule has 0 aliphatic carbocycles. The maximum atomic E-state index is 13.8. The first-order chi connectivity index (χ1) is 7.24. The largest absolute Gasteiger partial charge is 0.496 e. The van der Waals surface area contributed by atoms with E-state index in [1.807, 2.05) is 5.48 Å². The molecule has 0 atom stereocenters. The van der Waals surface area contributed by atoms with Crippen molar-refractivity contribution < 1.29 is 19.1 Å². The van der Waals surface area contributed by atoms with E-state index < -0.39 is 5.82 Å². The highest BCUT2D eigenvalue weighted by Crippen LogP contribution is 2.24. The predicted octanol–water partition coefficient (Wildman–Crippen LogP) is 1.46. The van der Waals surface area contributed by atoms with Gasteiger partial charge in [0.05, 0.1) is 19.3 Å². The van der Waals surface area contributed by atoms with E-state index in [1.54, 1.807) is 12.1 Å². The van der Waals surface area contributed by atoms with Gasteiger partial charge < -0.3 is 14.7 Å². The van der Waals surface area contributed by atoms with Crippen LogP contribution in [0.2, 0.25) is 0 Å².